The van der Waals surface area contributed by atoms with Gasteiger partial charge in [-0.2, -0.15) is 0 Å². The van der Waals surface area contributed by atoms with E-state index in [1.165, 1.54) is 29.2 Å². The van der Waals surface area contributed by atoms with E-state index in [-0.39, 0.29) is 5.82 Å². The monoisotopic (exact) mass is 364 g/mol. The van der Waals surface area contributed by atoms with E-state index < -0.39 is 30.7 Å². The number of alkyl halides is 1. The maximum atomic E-state index is 15.2. The molecule has 4 N–H and O–H groups in total. The normalized spacial score (nSPS) is 29.5. The molecule has 1 aliphatic rings. The van der Waals surface area contributed by atoms with Crippen LogP contribution in [0.4, 0.5) is 10.2 Å². The number of hydrogen-bond donors (Lipinski definition) is 3. The number of aromatic nitrogens is 3. The summed E-state index contributed by atoms with van der Waals surface area (Å²) in [7, 11) is 0. The summed E-state index contributed by atoms with van der Waals surface area (Å²) in [5.74, 6) is 0.282. The van der Waals surface area contributed by atoms with Gasteiger partial charge in [-0.3, -0.25) is 0 Å². The summed E-state index contributed by atoms with van der Waals surface area (Å²) in [5.41, 5.74) is 5.11. The Morgan fingerprint density at radius 1 is 1.48 bits per heavy atom. The minimum absolute atomic E-state index is 0.282. The van der Waals surface area contributed by atoms with Crippen LogP contribution in [0.25, 0.3) is 21.5 Å². The molecule has 0 radical (unpaired) electrons. The molecule has 4 heterocycles. The van der Waals surface area contributed by atoms with Crippen LogP contribution in [0.15, 0.2) is 30.0 Å². The van der Waals surface area contributed by atoms with E-state index in [2.05, 4.69) is 9.97 Å². The van der Waals surface area contributed by atoms with E-state index in [1.54, 1.807) is 6.20 Å². The van der Waals surface area contributed by atoms with Gasteiger partial charge in [0, 0.05) is 16.6 Å². The van der Waals surface area contributed by atoms with Crippen LogP contribution < -0.4 is 5.73 Å². The average Bonchev–Trinajstić information content (AvgIpc) is 3.27. The van der Waals surface area contributed by atoms with Crippen molar-refractivity contribution in [2.75, 3.05) is 12.3 Å². The van der Waals surface area contributed by atoms with Crippen LogP contribution in [0.3, 0.4) is 0 Å². The Labute approximate surface area is 146 Å². The second kappa shape index (κ2) is 5.73. The maximum Gasteiger partial charge on any atom is 0.181 e. The molecule has 0 aromatic carbocycles. The van der Waals surface area contributed by atoms with Crippen LogP contribution >= 0.6 is 11.3 Å². The fourth-order valence-corrected chi connectivity index (χ4v) is 4.01. The summed E-state index contributed by atoms with van der Waals surface area (Å²) in [4.78, 5) is 9.21. The third-order valence-corrected chi connectivity index (χ3v) is 5.48. The van der Waals surface area contributed by atoms with Crippen LogP contribution in [0.2, 0.25) is 0 Å². The van der Waals surface area contributed by atoms with Gasteiger partial charge >= 0.3 is 0 Å². The number of aliphatic hydroxyl groups is 2. The first-order valence-corrected chi connectivity index (χ1v) is 8.61. The number of nitrogens with zero attached hydrogens (tertiary/aromatic N) is 3. The molecule has 4 unspecified atom stereocenters. The van der Waals surface area contributed by atoms with Crippen LogP contribution in [-0.2, 0) is 4.74 Å². The Bertz CT molecular complexity index is 912. The second-order valence-corrected chi connectivity index (χ2v) is 7.14. The van der Waals surface area contributed by atoms with Gasteiger partial charge in [-0.1, -0.05) is 6.07 Å². The SMILES string of the molecule is CC1(F)C(O)C(CO)OC1n1cc(-c2cccs2)c2c(N)ncnc21. The summed E-state index contributed by atoms with van der Waals surface area (Å²) in [5, 5.41) is 22.0. The Hall–Kier alpha value is -2.07. The van der Waals surface area contributed by atoms with Crippen molar-refractivity contribution in [3.8, 4) is 10.4 Å². The van der Waals surface area contributed by atoms with Crippen molar-refractivity contribution in [3.63, 3.8) is 0 Å². The molecule has 4 atom stereocenters. The molecule has 3 aromatic rings. The van der Waals surface area contributed by atoms with Gasteiger partial charge in [0.25, 0.3) is 0 Å². The number of rotatable bonds is 3. The van der Waals surface area contributed by atoms with E-state index in [9.17, 15) is 10.2 Å². The number of anilines is 1. The van der Waals surface area contributed by atoms with Crippen molar-refractivity contribution >= 4 is 28.2 Å². The zero-order chi connectivity index (χ0) is 17.8. The molecule has 3 aromatic heterocycles. The van der Waals surface area contributed by atoms with Crippen molar-refractivity contribution < 1.29 is 19.3 Å². The lowest BCUT2D eigenvalue weighted by atomic mass is 9.98. The minimum Gasteiger partial charge on any atom is -0.394 e. The van der Waals surface area contributed by atoms with Crippen molar-refractivity contribution in [2.24, 2.45) is 0 Å². The highest BCUT2D eigenvalue weighted by atomic mass is 32.1. The third kappa shape index (κ3) is 2.35. The van der Waals surface area contributed by atoms with Gasteiger partial charge < -0.3 is 25.3 Å². The van der Waals surface area contributed by atoms with E-state index >= 15 is 4.39 Å². The van der Waals surface area contributed by atoms with Crippen molar-refractivity contribution in [1.82, 2.24) is 14.5 Å². The summed E-state index contributed by atoms with van der Waals surface area (Å²) in [6.45, 7) is 0.768. The highest BCUT2D eigenvalue weighted by Gasteiger charge is 2.55. The Balaban J connectivity index is 1.93. The van der Waals surface area contributed by atoms with Gasteiger partial charge in [-0.05, 0) is 18.4 Å². The number of halogens is 1. The standard InChI is InChI=1S/C16H17FN4O3S/c1-16(17)12(23)9(6-22)24-15(16)21-5-8(10-3-2-4-25-10)11-13(18)19-7-20-14(11)21/h2-5,7,9,12,15,22-23H,6H2,1H3,(H2,18,19,20). The van der Waals surface area contributed by atoms with E-state index in [0.717, 1.165) is 10.4 Å². The van der Waals surface area contributed by atoms with Crippen LogP contribution in [0.5, 0.6) is 0 Å². The van der Waals surface area contributed by atoms with Crippen LogP contribution in [0, 0.1) is 0 Å². The summed E-state index contributed by atoms with van der Waals surface area (Å²) in [6, 6.07) is 3.83. The molecule has 25 heavy (non-hydrogen) atoms. The fraction of sp³-hybridized carbons (Fsp3) is 0.375. The average molecular weight is 364 g/mol. The van der Waals surface area contributed by atoms with Crippen LogP contribution in [-0.4, -0.2) is 49.2 Å². The zero-order valence-corrected chi connectivity index (χ0v) is 14.2. The van der Waals surface area contributed by atoms with E-state index in [0.29, 0.717) is 11.0 Å². The van der Waals surface area contributed by atoms with Gasteiger partial charge in [0.05, 0.1) is 12.0 Å². The van der Waals surface area contributed by atoms with Crippen LogP contribution in [0.1, 0.15) is 13.2 Å². The van der Waals surface area contributed by atoms with Gasteiger partial charge in [0.15, 0.2) is 11.9 Å². The molecular formula is C16H17FN4O3S. The number of nitrogen functional groups attached to an aromatic ring is 1. The molecule has 1 fully saturated rings. The molecule has 1 aliphatic heterocycles. The van der Waals surface area contributed by atoms with E-state index in [4.69, 9.17) is 10.5 Å². The molecule has 9 heteroatoms. The molecule has 0 aliphatic carbocycles. The Morgan fingerprint density at radius 2 is 2.28 bits per heavy atom. The molecule has 0 saturated carbocycles. The number of hydrogen-bond acceptors (Lipinski definition) is 7. The first-order chi connectivity index (χ1) is 11.9. The maximum absolute atomic E-state index is 15.2. The topological polar surface area (TPSA) is 106 Å². The third-order valence-electron chi connectivity index (χ3n) is 4.57. The van der Waals surface area contributed by atoms with Gasteiger partial charge in [-0.15, -0.1) is 11.3 Å². The number of nitrogens with two attached hydrogens (primary N) is 1. The minimum atomic E-state index is -2.11. The first-order valence-electron chi connectivity index (χ1n) is 7.73. The predicted molar refractivity (Wildman–Crippen MR) is 91.8 cm³/mol. The summed E-state index contributed by atoms with van der Waals surface area (Å²) < 4.78 is 22.3. The first kappa shape index (κ1) is 16.4. The highest BCUT2D eigenvalue weighted by Crippen LogP contribution is 2.45. The van der Waals surface area contributed by atoms with Gasteiger partial charge in [0.2, 0.25) is 0 Å². The molecule has 0 bridgehead atoms. The molecule has 0 amide bonds. The lowest BCUT2D eigenvalue weighted by Gasteiger charge is -2.25. The molecule has 132 valence electrons. The Kier molecular flexibility index (Phi) is 3.76. The molecular weight excluding hydrogens is 347 g/mol. The van der Waals surface area contributed by atoms with Gasteiger partial charge in [-0.25, -0.2) is 14.4 Å². The summed E-state index contributed by atoms with van der Waals surface area (Å²) >= 11 is 1.51. The summed E-state index contributed by atoms with van der Waals surface area (Å²) in [6.07, 6.45) is -0.607. The lowest BCUT2D eigenvalue weighted by molar-refractivity contribution is -0.0563. The molecule has 1 saturated heterocycles. The smallest absolute Gasteiger partial charge is 0.181 e. The van der Waals surface area contributed by atoms with Crippen molar-refractivity contribution in [2.45, 2.75) is 31.0 Å². The largest absolute Gasteiger partial charge is 0.394 e. The molecule has 0 spiro atoms. The lowest BCUT2D eigenvalue weighted by Crippen LogP contribution is -2.40. The Morgan fingerprint density at radius 3 is 2.92 bits per heavy atom. The number of aliphatic hydroxyl groups excluding tert-OH is 2. The zero-order valence-electron chi connectivity index (χ0n) is 13.3. The van der Waals surface area contributed by atoms with Crippen molar-refractivity contribution in [1.29, 1.82) is 0 Å². The van der Waals surface area contributed by atoms with Gasteiger partial charge in [0.1, 0.15) is 30.0 Å². The fourth-order valence-electron chi connectivity index (χ4n) is 3.27. The molecule has 4 rings (SSSR count). The molecule has 7 nitrogen and oxygen atoms in total. The van der Waals surface area contributed by atoms with E-state index in [1.807, 2.05) is 17.5 Å². The number of thiophene rings is 1. The second-order valence-electron chi connectivity index (χ2n) is 6.19. The number of fused-ring (bicyclic) bond motifs is 1. The van der Waals surface area contributed by atoms with Crippen molar-refractivity contribution in [3.05, 3.63) is 30.0 Å². The highest BCUT2D eigenvalue weighted by molar-refractivity contribution is 7.13. The predicted octanol–water partition coefficient (Wildman–Crippen LogP) is 1.72. The number of ether oxygens (including phenoxy) is 1. The quantitative estimate of drug-likeness (QED) is 0.653.